The van der Waals surface area contributed by atoms with Crippen molar-refractivity contribution in [2.75, 3.05) is 0 Å². The molecule has 0 nitrogen and oxygen atoms in total. The van der Waals surface area contributed by atoms with Gasteiger partial charge in [0.25, 0.3) is 0 Å². The SMILES string of the molecule is Cc1ccc(C2C/C2=C2\CC2c2ccc(C)cc2)cc1. The van der Waals surface area contributed by atoms with Crippen LogP contribution in [-0.2, 0) is 0 Å². The summed E-state index contributed by atoms with van der Waals surface area (Å²) in [4.78, 5) is 0. The molecule has 2 fully saturated rings. The van der Waals surface area contributed by atoms with Crippen molar-refractivity contribution in [3.63, 3.8) is 0 Å². The third-order valence-electron chi connectivity index (χ3n) is 4.74. The number of allylic oxidation sites excluding steroid dienone is 2. The lowest BCUT2D eigenvalue weighted by Gasteiger charge is -1.98. The highest BCUT2D eigenvalue weighted by Crippen LogP contribution is 2.60. The molecular weight excluding hydrogens is 240 g/mol. The first kappa shape index (κ1) is 12.0. The molecule has 100 valence electrons. The van der Waals surface area contributed by atoms with Crippen molar-refractivity contribution < 1.29 is 0 Å². The van der Waals surface area contributed by atoms with Crippen LogP contribution in [0.5, 0.6) is 0 Å². The van der Waals surface area contributed by atoms with E-state index in [1.807, 2.05) is 0 Å². The smallest absolute Gasteiger partial charge is 0.00889 e. The second kappa shape index (κ2) is 4.34. The van der Waals surface area contributed by atoms with E-state index in [1.54, 1.807) is 11.1 Å². The van der Waals surface area contributed by atoms with Gasteiger partial charge in [-0.05, 0) is 37.8 Å². The summed E-state index contributed by atoms with van der Waals surface area (Å²) in [6.07, 6.45) is 2.58. The minimum absolute atomic E-state index is 0.723. The van der Waals surface area contributed by atoms with Gasteiger partial charge in [-0.15, -0.1) is 0 Å². The zero-order chi connectivity index (χ0) is 13.7. The summed E-state index contributed by atoms with van der Waals surface area (Å²) in [6.45, 7) is 4.31. The molecule has 2 aromatic carbocycles. The van der Waals surface area contributed by atoms with E-state index in [9.17, 15) is 0 Å². The highest BCUT2D eigenvalue weighted by atomic mass is 14.5. The molecule has 20 heavy (non-hydrogen) atoms. The van der Waals surface area contributed by atoms with E-state index in [-0.39, 0.29) is 0 Å². The number of hydrogen-bond donors (Lipinski definition) is 0. The maximum absolute atomic E-state index is 2.30. The van der Waals surface area contributed by atoms with Crippen molar-refractivity contribution in [2.24, 2.45) is 0 Å². The Kier molecular flexibility index (Phi) is 2.60. The molecule has 2 unspecified atom stereocenters. The van der Waals surface area contributed by atoms with Crippen LogP contribution in [0.1, 0.15) is 46.9 Å². The van der Waals surface area contributed by atoms with Crippen LogP contribution in [0.3, 0.4) is 0 Å². The van der Waals surface area contributed by atoms with Crippen LogP contribution < -0.4 is 0 Å². The molecule has 0 radical (unpaired) electrons. The molecule has 0 N–H and O–H groups in total. The normalized spacial score (nSPS) is 27.5. The number of rotatable bonds is 2. The minimum atomic E-state index is 0.723. The fourth-order valence-electron chi connectivity index (χ4n) is 3.27. The first-order valence-corrected chi connectivity index (χ1v) is 7.57. The van der Waals surface area contributed by atoms with Crippen LogP contribution in [0.15, 0.2) is 59.7 Å². The summed E-state index contributed by atoms with van der Waals surface area (Å²) in [7, 11) is 0. The Bertz CT molecular complexity index is 609. The van der Waals surface area contributed by atoms with E-state index in [0.29, 0.717) is 0 Å². The van der Waals surface area contributed by atoms with Crippen molar-refractivity contribution in [1.82, 2.24) is 0 Å². The molecule has 0 heterocycles. The second-order valence-electron chi connectivity index (χ2n) is 6.39. The zero-order valence-corrected chi connectivity index (χ0v) is 12.2. The molecule has 0 aliphatic heterocycles. The van der Waals surface area contributed by atoms with Crippen molar-refractivity contribution >= 4 is 0 Å². The van der Waals surface area contributed by atoms with Gasteiger partial charge in [0, 0.05) is 11.8 Å². The van der Waals surface area contributed by atoms with Gasteiger partial charge in [0.15, 0.2) is 0 Å². The van der Waals surface area contributed by atoms with Crippen molar-refractivity contribution in [3.8, 4) is 0 Å². The quantitative estimate of drug-likeness (QED) is 0.645. The first-order valence-electron chi connectivity index (χ1n) is 7.57. The van der Waals surface area contributed by atoms with Gasteiger partial charge in [-0.1, -0.05) is 70.8 Å². The molecule has 2 aliphatic rings. The lowest BCUT2D eigenvalue weighted by atomic mass is 10.1. The summed E-state index contributed by atoms with van der Waals surface area (Å²) in [6, 6.07) is 18.2. The fourth-order valence-corrected chi connectivity index (χ4v) is 3.27. The average Bonchev–Trinajstić information content (AvgIpc) is 3.33. The van der Waals surface area contributed by atoms with Crippen LogP contribution in [0.4, 0.5) is 0 Å². The van der Waals surface area contributed by atoms with E-state index in [0.717, 1.165) is 11.8 Å². The fraction of sp³-hybridized carbons (Fsp3) is 0.300. The van der Waals surface area contributed by atoms with Crippen molar-refractivity contribution in [2.45, 2.75) is 38.5 Å². The Labute approximate surface area is 121 Å². The van der Waals surface area contributed by atoms with Crippen molar-refractivity contribution in [1.29, 1.82) is 0 Å². The van der Waals surface area contributed by atoms with Crippen LogP contribution >= 0.6 is 0 Å². The summed E-state index contributed by atoms with van der Waals surface area (Å²) in [5.74, 6) is 1.45. The molecule has 0 saturated heterocycles. The van der Waals surface area contributed by atoms with Gasteiger partial charge in [0.1, 0.15) is 0 Å². The molecule has 4 rings (SSSR count). The predicted molar refractivity (Wildman–Crippen MR) is 84.1 cm³/mol. The van der Waals surface area contributed by atoms with Gasteiger partial charge in [-0.3, -0.25) is 0 Å². The molecule has 2 saturated carbocycles. The van der Waals surface area contributed by atoms with E-state index >= 15 is 0 Å². The molecule has 2 aliphatic carbocycles. The molecular formula is C20H20. The number of hydrogen-bond acceptors (Lipinski definition) is 0. The molecule has 0 heteroatoms. The summed E-state index contributed by atoms with van der Waals surface area (Å²) in [5, 5.41) is 0. The van der Waals surface area contributed by atoms with E-state index < -0.39 is 0 Å². The molecule has 0 spiro atoms. The van der Waals surface area contributed by atoms with E-state index in [1.165, 1.54) is 35.1 Å². The van der Waals surface area contributed by atoms with E-state index in [2.05, 4.69) is 62.4 Å². The third kappa shape index (κ3) is 2.10. The van der Waals surface area contributed by atoms with Gasteiger partial charge in [0.05, 0.1) is 0 Å². The molecule has 2 atom stereocenters. The third-order valence-corrected chi connectivity index (χ3v) is 4.74. The highest BCUT2D eigenvalue weighted by molar-refractivity contribution is 5.54. The van der Waals surface area contributed by atoms with Gasteiger partial charge in [-0.2, -0.15) is 0 Å². The lowest BCUT2D eigenvalue weighted by Crippen LogP contribution is -1.80. The maximum Gasteiger partial charge on any atom is 0.00889 e. The lowest BCUT2D eigenvalue weighted by molar-refractivity contribution is 1.14. The van der Waals surface area contributed by atoms with Crippen LogP contribution in [0, 0.1) is 13.8 Å². The largest absolute Gasteiger partial charge is 0.0616 e. The van der Waals surface area contributed by atoms with E-state index in [4.69, 9.17) is 0 Å². The Morgan fingerprint density at radius 3 is 1.30 bits per heavy atom. The summed E-state index contributed by atoms with van der Waals surface area (Å²) < 4.78 is 0. The minimum Gasteiger partial charge on any atom is -0.0616 e. The second-order valence-corrected chi connectivity index (χ2v) is 6.39. The monoisotopic (exact) mass is 260 g/mol. The predicted octanol–water partition coefficient (Wildman–Crippen LogP) is 5.27. The molecule has 0 amide bonds. The van der Waals surface area contributed by atoms with Crippen LogP contribution in [0.25, 0.3) is 0 Å². The van der Waals surface area contributed by atoms with Gasteiger partial charge in [0.2, 0.25) is 0 Å². The first-order chi connectivity index (χ1) is 9.72. The Morgan fingerprint density at radius 1 is 0.600 bits per heavy atom. The molecule has 2 aromatic rings. The zero-order valence-electron chi connectivity index (χ0n) is 12.2. The van der Waals surface area contributed by atoms with Gasteiger partial charge >= 0.3 is 0 Å². The van der Waals surface area contributed by atoms with Gasteiger partial charge < -0.3 is 0 Å². The summed E-state index contributed by atoms with van der Waals surface area (Å²) >= 11 is 0. The standard InChI is InChI=1S/C20H20/c1-13-3-7-15(8-4-13)17-11-19(17)20-12-18(20)16-9-5-14(2)6-10-16/h3-10,17-18H,11-12H2,1-2H3/b20-19-. The Morgan fingerprint density at radius 2 is 0.950 bits per heavy atom. The average molecular weight is 260 g/mol. The Hall–Kier alpha value is -1.82. The number of benzene rings is 2. The number of aryl methyl sites for hydroxylation is 2. The summed E-state index contributed by atoms with van der Waals surface area (Å²) in [5.41, 5.74) is 9.17. The van der Waals surface area contributed by atoms with Gasteiger partial charge in [-0.25, -0.2) is 0 Å². The van der Waals surface area contributed by atoms with Crippen LogP contribution in [0.2, 0.25) is 0 Å². The highest BCUT2D eigenvalue weighted by Gasteiger charge is 2.43. The topological polar surface area (TPSA) is 0 Å². The molecule has 0 aromatic heterocycles. The maximum atomic E-state index is 2.30. The van der Waals surface area contributed by atoms with Crippen molar-refractivity contribution in [3.05, 3.63) is 81.9 Å². The molecule has 0 bridgehead atoms. The van der Waals surface area contributed by atoms with Crippen LogP contribution in [-0.4, -0.2) is 0 Å². The Balaban J connectivity index is 1.53.